The van der Waals surface area contributed by atoms with Gasteiger partial charge in [0.05, 0.1) is 5.02 Å². The fourth-order valence-electron chi connectivity index (χ4n) is 2.60. The summed E-state index contributed by atoms with van der Waals surface area (Å²) in [5, 5.41) is 21.2. The van der Waals surface area contributed by atoms with Crippen molar-refractivity contribution in [3.05, 3.63) is 88.5 Å². The third-order valence-corrected chi connectivity index (χ3v) is 5.81. The Bertz CT molecular complexity index is 1330. The highest BCUT2D eigenvalue weighted by molar-refractivity contribution is 7.87. The Hall–Kier alpha value is -3.80. The van der Waals surface area contributed by atoms with Gasteiger partial charge in [0.2, 0.25) is 0 Å². The topological polar surface area (TPSA) is 116 Å². The van der Waals surface area contributed by atoms with Gasteiger partial charge in [-0.15, -0.1) is 0 Å². The van der Waals surface area contributed by atoms with Crippen molar-refractivity contribution in [2.24, 2.45) is 0 Å². The third-order valence-electron chi connectivity index (χ3n) is 4.27. The highest BCUT2D eigenvalue weighted by atomic mass is 35.5. The van der Waals surface area contributed by atoms with Crippen LogP contribution in [0.15, 0.2) is 77.2 Å². The first-order chi connectivity index (χ1) is 15.2. The van der Waals surface area contributed by atoms with E-state index in [1.54, 1.807) is 12.1 Å². The number of aromatic hydroxyl groups is 1. The van der Waals surface area contributed by atoms with Gasteiger partial charge < -0.3 is 14.6 Å². The number of rotatable bonds is 6. The minimum absolute atomic E-state index is 0.00864. The van der Waals surface area contributed by atoms with E-state index in [9.17, 15) is 23.6 Å². The molecule has 3 aromatic carbocycles. The summed E-state index contributed by atoms with van der Waals surface area (Å²) in [4.78, 5) is 12.3. The van der Waals surface area contributed by atoms with Crippen molar-refractivity contribution >= 4 is 39.4 Å². The lowest BCUT2D eigenvalue weighted by Crippen LogP contribution is -2.13. The zero-order chi connectivity index (χ0) is 23.3. The molecule has 0 aromatic heterocycles. The molecule has 0 fully saturated rings. The van der Waals surface area contributed by atoms with Gasteiger partial charge in [0.15, 0.2) is 5.75 Å². The lowest BCUT2D eigenvalue weighted by Gasteiger charge is -2.09. The molecular weight excluding hydrogens is 452 g/mol. The minimum Gasteiger partial charge on any atom is -0.508 e. The summed E-state index contributed by atoms with van der Waals surface area (Å²) in [6.07, 6.45) is 1.31. The summed E-state index contributed by atoms with van der Waals surface area (Å²) in [6.45, 7) is 1.83. The van der Waals surface area contributed by atoms with Crippen molar-refractivity contribution in [3.63, 3.8) is 0 Å². The Kier molecular flexibility index (Phi) is 6.83. The van der Waals surface area contributed by atoms with Gasteiger partial charge in [-0.2, -0.15) is 13.7 Å². The zero-order valence-electron chi connectivity index (χ0n) is 16.7. The molecule has 3 aromatic rings. The number of nitrogens with one attached hydrogen (secondary N) is 1. The average molecular weight is 469 g/mol. The van der Waals surface area contributed by atoms with Gasteiger partial charge in [0.1, 0.15) is 22.3 Å². The molecule has 0 saturated carbocycles. The van der Waals surface area contributed by atoms with Crippen molar-refractivity contribution < 1.29 is 22.5 Å². The van der Waals surface area contributed by atoms with E-state index in [-0.39, 0.29) is 27.0 Å². The van der Waals surface area contributed by atoms with Gasteiger partial charge in [0.25, 0.3) is 5.91 Å². The maximum atomic E-state index is 12.5. The van der Waals surface area contributed by atoms with E-state index >= 15 is 0 Å². The number of carbonyl (C=O) groups excluding carboxylic acids is 1. The lowest BCUT2D eigenvalue weighted by molar-refractivity contribution is -0.112. The van der Waals surface area contributed by atoms with E-state index in [2.05, 4.69) is 5.32 Å². The quantitative estimate of drug-likeness (QED) is 0.235. The van der Waals surface area contributed by atoms with E-state index in [0.717, 1.165) is 5.56 Å². The summed E-state index contributed by atoms with van der Waals surface area (Å²) >= 11 is 6.17. The van der Waals surface area contributed by atoms with E-state index in [1.807, 2.05) is 13.0 Å². The van der Waals surface area contributed by atoms with Crippen molar-refractivity contribution in [3.8, 4) is 17.6 Å². The highest BCUT2D eigenvalue weighted by Crippen LogP contribution is 2.29. The molecule has 0 radical (unpaired) electrons. The number of nitrogens with zero attached hydrogens (tertiary/aromatic N) is 1. The fourth-order valence-corrected chi connectivity index (χ4v) is 3.82. The van der Waals surface area contributed by atoms with Gasteiger partial charge in [-0.1, -0.05) is 35.4 Å². The molecule has 0 atom stereocenters. The van der Waals surface area contributed by atoms with Gasteiger partial charge >= 0.3 is 10.1 Å². The summed E-state index contributed by atoms with van der Waals surface area (Å²) in [6, 6.07) is 17.9. The smallest absolute Gasteiger partial charge is 0.339 e. The predicted octanol–water partition coefficient (Wildman–Crippen LogP) is 4.67. The molecule has 0 unspecified atom stereocenters. The molecule has 0 aliphatic carbocycles. The van der Waals surface area contributed by atoms with Gasteiger partial charge in [-0.05, 0) is 67.1 Å². The molecule has 1 amide bonds. The number of aryl methyl sites for hydroxylation is 1. The molecule has 0 bridgehead atoms. The van der Waals surface area contributed by atoms with E-state index in [1.165, 1.54) is 60.7 Å². The molecule has 0 spiro atoms. The van der Waals surface area contributed by atoms with Crippen LogP contribution in [0, 0.1) is 18.3 Å². The van der Waals surface area contributed by atoms with Crippen LogP contribution in [0.4, 0.5) is 5.69 Å². The number of benzene rings is 3. The molecule has 9 heteroatoms. The van der Waals surface area contributed by atoms with Crippen molar-refractivity contribution in [1.82, 2.24) is 0 Å². The summed E-state index contributed by atoms with van der Waals surface area (Å²) in [7, 11) is -4.08. The van der Waals surface area contributed by atoms with E-state index < -0.39 is 16.0 Å². The van der Waals surface area contributed by atoms with Gasteiger partial charge in [-0.25, -0.2) is 0 Å². The zero-order valence-corrected chi connectivity index (χ0v) is 18.3. The maximum absolute atomic E-state index is 12.5. The van der Waals surface area contributed by atoms with Crippen LogP contribution in [-0.4, -0.2) is 19.4 Å². The maximum Gasteiger partial charge on any atom is 0.339 e. The van der Waals surface area contributed by atoms with Crippen LogP contribution in [0.5, 0.6) is 11.5 Å². The second-order valence-corrected chi connectivity index (χ2v) is 8.66. The summed E-state index contributed by atoms with van der Waals surface area (Å²) in [5.74, 6) is -0.701. The van der Waals surface area contributed by atoms with Crippen LogP contribution in [0.2, 0.25) is 5.02 Å². The molecule has 0 heterocycles. The normalized spacial score (nSPS) is 11.5. The standard InChI is InChI=1S/C23H17ClN2O5S/c1-15-2-9-20(10-3-15)32(29,30)31-22-11-4-16(13-21(22)24)12-17(14-25)23(28)26-18-5-7-19(27)8-6-18/h2-13,27H,1H3,(H,26,28)/b17-12+. The Labute approximate surface area is 190 Å². The van der Waals surface area contributed by atoms with Crippen LogP contribution in [-0.2, 0) is 14.9 Å². The molecule has 7 nitrogen and oxygen atoms in total. The second kappa shape index (κ2) is 9.56. The Morgan fingerprint density at radius 1 is 1.09 bits per heavy atom. The number of nitriles is 1. The highest BCUT2D eigenvalue weighted by Gasteiger charge is 2.18. The number of anilines is 1. The Balaban J connectivity index is 1.79. The number of carbonyl (C=O) groups is 1. The second-order valence-electron chi connectivity index (χ2n) is 6.71. The number of phenols is 1. The van der Waals surface area contributed by atoms with E-state index in [4.69, 9.17) is 15.8 Å². The summed E-state index contributed by atoms with van der Waals surface area (Å²) < 4.78 is 30.0. The predicted molar refractivity (Wildman–Crippen MR) is 121 cm³/mol. The number of halogens is 1. The molecule has 162 valence electrons. The monoisotopic (exact) mass is 468 g/mol. The van der Waals surface area contributed by atoms with E-state index in [0.29, 0.717) is 11.3 Å². The molecule has 2 N–H and O–H groups in total. The minimum atomic E-state index is -4.08. The van der Waals surface area contributed by atoms with Crippen LogP contribution in [0.25, 0.3) is 6.08 Å². The molecule has 32 heavy (non-hydrogen) atoms. The Morgan fingerprint density at radius 2 is 1.75 bits per heavy atom. The van der Waals surface area contributed by atoms with Crippen LogP contribution in [0.3, 0.4) is 0 Å². The average Bonchev–Trinajstić information content (AvgIpc) is 2.75. The molecule has 0 aliphatic rings. The first kappa shape index (κ1) is 22.9. The van der Waals surface area contributed by atoms with Crippen molar-refractivity contribution in [1.29, 1.82) is 5.26 Å². The number of hydrogen-bond acceptors (Lipinski definition) is 6. The first-order valence-corrected chi connectivity index (χ1v) is 11.0. The molecular formula is C23H17ClN2O5S. The number of phenolic OH excluding ortho intramolecular Hbond substituents is 1. The van der Waals surface area contributed by atoms with Crippen LogP contribution >= 0.6 is 11.6 Å². The SMILES string of the molecule is Cc1ccc(S(=O)(=O)Oc2ccc(/C=C(\C#N)C(=O)Nc3ccc(O)cc3)cc2Cl)cc1. The van der Waals surface area contributed by atoms with Crippen LogP contribution in [0.1, 0.15) is 11.1 Å². The Morgan fingerprint density at radius 3 is 2.34 bits per heavy atom. The van der Waals surface area contributed by atoms with Gasteiger partial charge in [-0.3, -0.25) is 4.79 Å². The fraction of sp³-hybridized carbons (Fsp3) is 0.0435. The number of hydrogen-bond donors (Lipinski definition) is 2. The lowest BCUT2D eigenvalue weighted by atomic mass is 10.1. The molecule has 0 saturated heterocycles. The first-order valence-electron chi connectivity index (χ1n) is 9.21. The molecule has 3 rings (SSSR count). The van der Waals surface area contributed by atoms with Crippen molar-refractivity contribution in [2.45, 2.75) is 11.8 Å². The largest absolute Gasteiger partial charge is 0.508 e. The molecule has 0 aliphatic heterocycles. The van der Waals surface area contributed by atoms with Gasteiger partial charge in [0, 0.05) is 5.69 Å². The number of amides is 1. The summed E-state index contributed by atoms with van der Waals surface area (Å²) in [5.41, 5.74) is 1.50. The van der Waals surface area contributed by atoms with Crippen LogP contribution < -0.4 is 9.50 Å². The third kappa shape index (κ3) is 5.66. The van der Waals surface area contributed by atoms with Crippen molar-refractivity contribution in [2.75, 3.05) is 5.32 Å².